The molecule has 1 aromatic carbocycles. The zero-order valence-electron chi connectivity index (χ0n) is 12.3. The van der Waals surface area contributed by atoms with Gasteiger partial charge in [-0.1, -0.05) is 18.6 Å². The largest absolute Gasteiger partial charge is 0.369 e. The van der Waals surface area contributed by atoms with Crippen LogP contribution in [0.4, 0.5) is 5.69 Å². The number of hydrogen-bond acceptors (Lipinski definition) is 4. The van der Waals surface area contributed by atoms with Crippen molar-refractivity contribution in [1.29, 1.82) is 0 Å². The van der Waals surface area contributed by atoms with Gasteiger partial charge in [0.15, 0.2) is 0 Å². The van der Waals surface area contributed by atoms with E-state index in [-0.39, 0.29) is 41.9 Å². The molecular weight excluding hydrogens is 322 g/mol. The molecule has 1 fully saturated rings. The molecule has 5 N–H and O–H groups in total. The second-order valence-corrected chi connectivity index (χ2v) is 6.38. The van der Waals surface area contributed by atoms with Crippen LogP contribution in [0.15, 0.2) is 29.2 Å². The van der Waals surface area contributed by atoms with Gasteiger partial charge < -0.3 is 16.8 Å². The number of thioether (sulfide) groups is 1. The van der Waals surface area contributed by atoms with Crippen LogP contribution in [0.5, 0.6) is 0 Å². The summed E-state index contributed by atoms with van der Waals surface area (Å²) in [5, 5.41) is 2.91. The highest BCUT2D eigenvalue weighted by molar-refractivity contribution is 8.00. The Labute approximate surface area is 141 Å². The molecule has 1 aliphatic carbocycles. The molecule has 1 saturated carbocycles. The summed E-state index contributed by atoms with van der Waals surface area (Å²) in [5.41, 5.74) is 11.9. The molecule has 0 unspecified atom stereocenters. The van der Waals surface area contributed by atoms with Crippen LogP contribution in [0.1, 0.15) is 25.7 Å². The first-order chi connectivity index (χ1) is 10.1. The molecule has 2 rings (SSSR count). The summed E-state index contributed by atoms with van der Waals surface area (Å²) in [6.07, 6.45) is 3.58. The molecule has 1 aromatic rings. The number of carbonyl (C=O) groups is 2. The molecule has 0 bridgehead atoms. The lowest BCUT2D eigenvalue weighted by Gasteiger charge is -2.16. The first kappa shape index (κ1) is 18.8. The molecule has 0 radical (unpaired) electrons. The van der Waals surface area contributed by atoms with Gasteiger partial charge in [0.25, 0.3) is 0 Å². The Balaban J connectivity index is 0.00000242. The van der Waals surface area contributed by atoms with E-state index in [0.717, 1.165) is 29.8 Å². The summed E-state index contributed by atoms with van der Waals surface area (Å²) in [4.78, 5) is 23.9. The second kappa shape index (κ2) is 9.02. The number of primary amides is 1. The highest BCUT2D eigenvalue weighted by Crippen LogP contribution is 2.29. The van der Waals surface area contributed by atoms with Gasteiger partial charge in [0, 0.05) is 17.4 Å². The minimum atomic E-state index is -0.377. The molecule has 5 nitrogen and oxygen atoms in total. The number of carbonyl (C=O) groups excluding carboxylic acids is 2. The van der Waals surface area contributed by atoms with Gasteiger partial charge in [-0.2, -0.15) is 0 Å². The van der Waals surface area contributed by atoms with Crippen molar-refractivity contribution >= 4 is 41.7 Å². The van der Waals surface area contributed by atoms with Crippen LogP contribution in [0.25, 0.3) is 0 Å². The maximum atomic E-state index is 12.1. The molecule has 0 spiro atoms. The van der Waals surface area contributed by atoms with Gasteiger partial charge in [-0.3, -0.25) is 9.59 Å². The van der Waals surface area contributed by atoms with Crippen LogP contribution < -0.4 is 16.8 Å². The van der Waals surface area contributed by atoms with E-state index in [4.69, 9.17) is 11.5 Å². The van der Waals surface area contributed by atoms with E-state index < -0.39 is 0 Å². The van der Waals surface area contributed by atoms with Crippen molar-refractivity contribution in [2.24, 2.45) is 17.4 Å². The highest BCUT2D eigenvalue weighted by Gasteiger charge is 2.26. The van der Waals surface area contributed by atoms with E-state index in [1.165, 1.54) is 11.8 Å². The SMILES string of the molecule is Cl.NC(=O)CSc1ccccc1NC(=O)C[C@@H]1CCC[C@H]1N. The van der Waals surface area contributed by atoms with Crippen LogP contribution in [0.2, 0.25) is 0 Å². The molecule has 0 saturated heterocycles. The van der Waals surface area contributed by atoms with Crippen LogP contribution in [-0.2, 0) is 9.59 Å². The standard InChI is InChI=1S/C15H21N3O2S.ClH/c16-11-5-3-4-10(11)8-15(20)18-12-6-1-2-7-13(12)21-9-14(17)19;/h1-2,6-7,10-11H,3-5,8-9,16H2,(H2,17,19)(H,18,20);1H/t10-,11+;/m0./s1. The Morgan fingerprint density at radius 2 is 2.00 bits per heavy atom. The number of nitrogens with one attached hydrogen (secondary N) is 1. The second-order valence-electron chi connectivity index (χ2n) is 5.36. The molecule has 0 heterocycles. The van der Waals surface area contributed by atoms with Gasteiger partial charge in [0.2, 0.25) is 11.8 Å². The van der Waals surface area contributed by atoms with Crippen molar-refractivity contribution in [2.45, 2.75) is 36.6 Å². The van der Waals surface area contributed by atoms with Crippen LogP contribution in [0, 0.1) is 5.92 Å². The lowest BCUT2D eigenvalue weighted by Crippen LogP contribution is -2.28. The fourth-order valence-electron chi connectivity index (χ4n) is 2.60. The monoisotopic (exact) mass is 343 g/mol. The molecule has 2 atom stereocenters. The van der Waals surface area contributed by atoms with E-state index in [2.05, 4.69) is 5.32 Å². The normalized spacial score (nSPS) is 20.2. The van der Waals surface area contributed by atoms with Gasteiger partial charge in [0.1, 0.15) is 0 Å². The maximum absolute atomic E-state index is 12.1. The van der Waals surface area contributed by atoms with Crippen molar-refractivity contribution in [3.63, 3.8) is 0 Å². The zero-order chi connectivity index (χ0) is 15.2. The van der Waals surface area contributed by atoms with Crippen LogP contribution in [0.3, 0.4) is 0 Å². The number of rotatable bonds is 6. The van der Waals surface area contributed by atoms with Crippen molar-refractivity contribution in [1.82, 2.24) is 0 Å². The maximum Gasteiger partial charge on any atom is 0.227 e. The average molecular weight is 344 g/mol. The average Bonchev–Trinajstić information content (AvgIpc) is 2.83. The van der Waals surface area contributed by atoms with Crippen molar-refractivity contribution in [2.75, 3.05) is 11.1 Å². The predicted molar refractivity (Wildman–Crippen MR) is 92.2 cm³/mol. The predicted octanol–water partition coefficient (Wildman–Crippen LogP) is 2.14. The Bertz CT molecular complexity index is 527. The van der Waals surface area contributed by atoms with E-state index in [1.807, 2.05) is 24.3 Å². The highest BCUT2D eigenvalue weighted by atomic mass is 35.5. The lowest BCUT2D eigenvalue weighted by molar-refractivity contribution is -0.117. The van der Waals surface area contributed by atoms with Crippen LogP contribution in [-0.4, -0.2) is 23.6 Å². The summed E-state index contributed by atoms with van der Waals surface area (Å²) < 4.78 is 0. The van der Waals surface area contributed by atoms with Gasteiger partial charge in [-0.15, -0.1) is 24.2 Å². The summed E-state index contributed by atoms with van der Waals surface area (Å²) in [7, 11) is 0. The molecule has 7 heteroatoms. The Kier molecular flexibility index (Phi) is 7.72. The number of benzene rings is 1. The van der Waals surface area contributed by atoms with E-state index >= 15 is 0 Å². The summed E-state index contributed by atoms with van der Waals surface area (Å²) in [5.74, 6) is 0.0679. The smallest absolute Gasteiger partial charge is 0.227 e. The van der Waals surface area contributed by atoms with E-state index in [1.54, 1.807) is 0 Å². The number of amides is 2. The third-order valence-corrected chi connectivity index (χ3v) is 4.79. The number of nitrogens with two attached hydrogens (primary N) is 2. The topological polar surface area (TPSA) is 98.2 Å². The Hall–Kier alpha value is -1.24. The quantitative estimate of drug-likeness (QED) is 0.689. The molecular formula is C15H22ClN3O2S. The third-order valence-electron chi connectivity index (χ3n) is 3.70. The minimum Gasteiger partial charge on any atom is -0.369 e. The minimum absolute atomic E-state index is 0. The van der Waals surface area contributed by atoms with Gasteiger partial charge in [-0.25, -0.2) is 0 Å². The summed E-state index contributed by atoms with van der Waals surface area (Å²) in [6.45, 7) is 0. The van der Waals surface area contributed by atoms with Gasteiger partial charge >= 0.3 is 0 Å². The molecule has 22 heavy (non-hydrogen) atoms. The molecule has 122 valence electrons. The summed E-state index contributed by atoms with van der Waals surface area (Å²) in [6, 6.07) is 7.55. The molecule has 2 amide bonds. The van der Waals surface area contributed by atoms with Gasteiger partial charge in [-0.05, 0) is 30.9 Å². The van der Waals surface area contributed by atoms with Crippen molar-refractivity contribution in [3.05, 3.63) is 24.3 Å². The van der Waals surface area contributed by atoms with Crippen molar-refractivity contribution in [3.8, 4) is 0 Å². The third kappa shape index (κ3) is 5.51. The number of anilines is 1. The number of hydrogen-bond donors (Lipinski definition) is 3. The zero-order valence-corrected chi connectivity index (χ0v) is 13.9. The van der Waals surface area contributed by atoms with Gasteiger partial charge in [0.05, 0.1) is 11.4 Å². The van der Waals surface area contributed by atoms with Crippen molar-refractivity contribution < 1.29 is 9.59 Å². The molecule has 1 aliphatic rings. The van der Waals surface area contributed by atoms with E-state index in [9.17, 15) is 9.59 Å². The first-order valence-electron chi connectivity index (χ1n) is 7.12. The molecule has 0 aliphatic heterocycles. The van der Waals surface area contributed by atoms with E-state index in [0.29, 0.717) is 6.42 Å². The number of para-hydroxylation sites is 1. The lowest BCUT2D eigenvalue weighted by atomic mass is 10.00. The fourth-order valence-corrected chi connectivity index (χ4v) is 3.35. The van der Waals surface area contributed by atoms with Crippen LogP contribution >= 0.6 is 24.2 Å². The molecule has 0 aromatic heterocycles. The Morgan fingerprint density at radius 3 is 2.64 bits per heavy atom. The summed E-state index contributed by atoms with van der Waals surface area (Å²) >= 11 is 1.33. The Morgan fingerprint density at radius 1 is 1.27 bits per heavy atom. The first-order valence-corrected chi connectivity index (χ1v) is 8.10. The number of halogens is 1. The fraction of sp³-hybridized carbons (Fsp3) is 0.467.